The van der Waals surface area contributed by atoms with Crippen molar-refractivity contribution in [2.24, 2.45) is 0 Å². The zero-order valence-electron chi connectivity index (χ0n) is 19.3. The average Bonchev–Trinajstić information content (AvgIpc) is 3.15. The number of nitrogens with one attached hydrogen (secondary N) is 1. The van der Waals surface area contributed by atoms with E-state index < -0.39 is 0 Å². The molecule has 0 aliphatic heterocycles. The zero-order valence-corrected chi connectivity index (χ0v) is 19.3. The highest BCUT2D eigenvalue weighted by molar-refractivity contribution is 5.92. The van der Waals surface area contributed by atoms with E-state index in [9.17, 15) is 0 Å². The number of hydrogen-bond donors (Lipinski definition) is 1. The van der Waals surface area contributed by atoms with Crippen LogP contribution in [0.15, 0.2) is 54.6 Å². The minimum absolute atomic E-state index is 0.0346. The Bertz CT molecular complexity index is 1200. The van der Waals surface area contributed by atoms with E-state index in [1.165, 1.54) is 0 Å². The molecule has 0 saturated heterocycles. The molecule has 2 heterocycles. The van der Waals surface area contributed by atoms with Crippen LogP contribution in [0.5, 0.6) is 5.75 Å². The normalized spacial score (nSPS) is 12.2. The first-order chi connectivity index (χ1) is 15.5. The van der Waals surface area contributed by atoms with Crippen molar-refractivity contribution in [3.63, 3.8) is 0 Å². The van der Waals surface area contributed by atoms with Crippen molar-refractivity contribution in [1.82, 2.24) is 25.3 Å². The molecule has 0 spiro atoms. The molecule has 2 aromatic heterocycles. The van der Waals surface area contributed by atoms with Gasteiger partial charge in [-0.15, -0.1) is 5.10 Å². The zero-order chi connectivity index (χ0) is 22.7. The monoisotopic (exact) mass is 430 g/mol. The summed E-state index contributed by atoms with van der Waals surface area (Å²) in [6, 6.07) is 18.4. The van der Waals surface area contributed by atoms with Crippen LogP contribution in [0.1, 0.15) is 29.5 Å². The minimum Gasteiger partial charge on any atom is -0.486 e. The average molecular weight is 431 g/mol. The Morgan fingerprint density at radius 1 is 1.03 bits per heavy atom. The highest BCUT2D eigenvalue weighted by atomic mass is 16.5. The molecular formula is C25H30N6O. The molecule has 7 nitrogen and oxygen atoms in total. The molecule has 2 aromatic carbocycles. The molecule has 1 atom stereocenters. The van der Waals surface area contributed by atoms with Gasteiger partial charge in [-0.3, -0.25) is 0 Å². The molecule has 32 heavy (non-hydrogen) atoms. The number of fused-ring (bicyclic) bond motifs is 1. The van der Waals surface area contributed by atoms with Gasteiger partial charge in [0.05, 0.1) is 22.5 Å². The highest BCUT2D eigenvalue weighted by Gasteiger charge is 2.19. The SMILES string of the molecule is CNCC[C@H](Oc1cccc(-n2nc3c(N(C)C)nnc(C)c3c2C)c1)c1ccccc1. The lowest BCUT2D eigenvalue weighted by Crippen LogP contribution is -2.16. The van der Waals surface area contributed by atoms with Gasteiger partial charge in [0.1, 0.15) is 17.4 Å². The van der Waals surface area contributed by atoms with Crippen molar-refractivity contribution in [3.8, 4) is 11.4 Å². The van der Waals surface area contributed by atoms with Crippen LogP contribution in [-0.4, -0.2) is 47.7 Å². The number of anilines is 1. The molecule has 7 heteroatoms. The van der Waals surface area contributed by atoms with Crippen molar-refractivity contribution in [2.75, 3.05) is 32.6 Å². The third-order valence-corrected chi connectivity index (χ3v) is 5.58. The van der Waals surface area contributed by atoms with Gasteiger partial charge in [0.15, 0.2) is 5.82 Å². The van der Waals surface area contributed by atoms with E-state index in [1.807, 2.05) is 80.1 Å². The first-order valence-corrected chi connectivity index (χ1v) is 10.9. The van der Waals surface area contributed by atoms with Crippen LogP contribution in [0.3, 0.4) is 0 Å². The second-order valence-corrected chi connectivity index (χ2v) is 8.13. The van der Waals surface area contributed by atoms with Gasteiger partial charge in [-0.25, -0.2) is 4.68 Å². The predicted molar refractivity (Wildman–Crippen MR) is 129 cm³/mol. The summed E-state index contributed by atoms with van der Waals surface area (Å²) in [6.07, 6.45) is 0.839. The highest BCUT2D eigenvalue weighted by Crippen LogP contribution is 2.30. The Kier molecular flexibility index (Phi) is 6.37. The lowest BCUT2D eigenvalue weighted by Gasteiger charge is -2.20. The van der Waals surface area contributed by atoms with Crippen LogP contribution in [0, 0.1) is 13.8 Å². The molecule has 0 radical (unpaired) electrons. The van der Waals surface area contributed by atoms with Crippen LogP contribution >= 0.6 is 0 Å². The Balaban J connectivity index is 1.71. The molecule has 4 rings (SSSR count). The van der Waals surface area contributed by atoms with Crippen LogP contribution in [-0.2, 0) is 0 Å². The maximum absolute atomic E-state index is 6.45. The van der Waals surface area contributed by atoms with E-state index >= 15 is 0 Å². The number of ether oxygens (including phenoxy) is 1. The lowest BCUT2D eigenvalue weighted by atomic mass is 10.1. The summed E-state index contributed by atoms with van der Waals surface area (Å²) < 4.78 is 8.40. The third-order valence-electron chi connectivity index (χ3n) is 5.58. The Labute approximate surface area is 189 Å². The quantitative estimate of drug-likeness (QED) is 0.451. The molecule has 0 unspecified atom stereocenters. The molecule has 0 saturated carbocycles. The van der Waals surface area contributed by atoms with E-state index in [2.05, 4.69) is 34.6 Å². The van der Waals surface area contributed by atoms with E-state index in [0.29, 0.717) is 0 Å². The van der Waals surface area contributed by atoms with Crippen molar-refractivity contribution < 1.29 is 4.74 Å². The van der Waals surface area contributed by atoms with Crippen molar-refractivity contribution >= 4 is 16.7 Å². The molecule has 1 N–H and O–H groups in total. The van der Waals surface area contributed by atoms with Crippen molar-refractivity contribution in [2.45, 2.75) is 26.4 Å². The van der Waals surface area contributed by atoms with Crippen molar-refractivity contribution in [1.29, 1.82) is 0 Å². The van der Waals surface area contributed by atoms with E-state index in [0.717, 1.165) is 58.1 Å². The summed E-state index contributed by atoms with van der Waals surface area (Å²) in [6.45, 7) is 4.91. The van der Waals surface area contributed by atoms with Gasteiger partial charge in [-0.1, -0.05) is 36.4 Å². The third kappa shape index (κ3) is 4.29. The van der Waals surface area contributed by atoms with Gasteiger partial charge in [0, 0.05) is 26.6 Å². The molecular weight excluding hydrogens is 400 g/mol. The minimum atomic E-state index is -0.0346. The predicted octanol–water partition coefficient (Wildman–Crippen LogP) is 4.23. The summed E-state index contributed by atoms with van der Waals surface area (Å²) in [7, 11) is 5.87. The summed E-state index contributed by atoms with van der Waals surface area (Å²) >= 11 is 0. The molecule has 0 amide bonds. The Morgan fingerprint density at radius 3 is 2.53 bits per heavy atom. The van der Waals surface area contributed by atoms with Crippen LogP contribution in [0.25, 0.3) is 16.6 Å². The second kappa shape index (κ2) is 9.36. The second-order valence-electron chi connectivity index (χ2n) is 8.13. The van der Waals surface area contributed by atoms with Gasteiger partial charge in [-0.05, 0) is 45.1 Å². The van der Waals surface area contributed by atoms with Crippen LogP contribution in [0.4, 0.5) is 5.82 Å². The fourth-order valence-corrected chi connectivity index (χ4v) is 3.95. The van der Waals surface area contributed by atoms with Gasteiger partial charge >= 0.3 is 0 Å². The number of rotatable bonds is 8. The molecule has 4 aromatic rings. The molecule has 0 aliphatic carbocycles. The molecule has 0 fully saturated rings. The number of hydrogen-bond acceptors (Lipinski definition) is 6. The summed E-state index contributed by atoms with van der Waals surface area (Å²) in [4.78, 5) is 1.94. The maximum atomic E-state index is 6.45. The Hall–Kier alpha value is -3.45. The smallest absolute Gasteiger partial charge is 0.179 e. The summed E-state index contributed by atoms with van der Waals surface area (Å²) in [5.41, 5.74) is 4.86. The number of nitrogens with zero attached hydrogens (tertiary/aromatic N) is 5. The first-order valence-electron chi connectivity index (χ1n) is 10.9. The van der Waals surface area contributed by atoms with Crippen LogP contribution in [0.2, 0.25) is 0 Å². The van der Waals surface area contributed by atoms with E-state index in [1.54, 1.807) is 0 Å². The maximum Gasteiger partial charge on any atom is 0.179 e. The molecule has 0 bridgehead atoms. The fourth-order valence-electron chi connectivity index (χ4n) is 3.95. The van der Waals surface area contributed by atoms with E-state index in [-0.39, 0.29) is 6.10 Å². The van der Waals surface area contributed by atoms with Gasteiger partial charge in [-0.2, -0.15) is 10.2 Å². The topological polar surface area (TPSA) is 68.1 Å². The van der Waals surface area contributed by atoms with Gasteiger partial charge < -0.3 is 15.0 Å². The van der Waals surface area contributed by atoms with Gasteiger partial charge in [0.2, 0.25) is 0 Å². The summed E-state index contributed by atoms with van der Waals surface area (Å²) in [5.74, 6) is 1.57. The number of benzene rings is 2. The van der Waals surface area contributed by atoms with Crippen molar-refractivity contribution in [3.05, 3.63) is 71.5 Å². The van der Waals surface area contributed by atoms with Gasteiger partial charge in [0.25, 0.3) is 0 Å². The fraction of sp³-hybridized carbons (Fsp3) is 0.320. The molecule has 0 aliphatic rings. The van der Waals surface area contributed by atoms with E-state index in [4.69, 9.17) is 9.84 Å². The Morgan fingerprint density at radius 2 is 1.81 bits per heavy atom. The first kappa shape index (κ1) is 21.8. The summed E-state index contributed by atoms with van der Waals surface area (Å²) in [5, 5.41) is 17.8. The number of aromatic nitrogens is 4. The number of aryl methyl sites for hydroxylation is 2. The standard InChI is InChI=1S/C25H30N6O/c1-17-23-18(2)31(29-24(23)25(28-27-17)30(4)5)20-12-9-13-21(16-20)32-22(14-15-26-3)19-10-7-6-8-11-19/h6-13,16,22,26H,14-15H2,1-5H3/t22-/m0/s1. The molecule has 166 valence electrons. The largest absolute Gasteiger partial charge is 0.486 e. The lowest BCUT2D eigenvalue weighted by molar-refractivity contribution is 0.195. The van der Waals surface area contributed by atoms with Crippen LogP contribution < -0.4 is 15.0 Å².